The Kier molecular flexibility index (Phi) is 3.38. The summed E-state index contributed by atoms with van der Waals surface area (Å²) in [5, 5.41) is 8.37. The van der Waals surface area contributed by atoms with E-state index in [1.54, 1.807) is 0 Å². The third-order valence-electron chi connectivity index (χ3n) is 1.69. The predicted molar refractivity (Wildman–Crippen MR) is 49.6 cm³/mol. The number of methoxy groups -OCH3 is 1. The number of carbonyl (C=O) groups is 1. The topological polar surface area (TPSA) is 46.5 Å². The van der Waals surface area contributed by atoms with E-state index in [9.17, 15) is 13.6 Å². The molecule has 0 aliphatic carbocycles. The van der Waals surface area contributed by atoms with E-state index in [0.29, 0.717) is 0 Å². The van der Waals surface area contributed by atoms with Gasteiger partial charge in [0, 0.05) is 11.6 Å². The molecule has 1 aromatic carbocycles. The monoisotopic (exact) mass is 214 g/mol. The highest BCUT2D eigenvalue weighted by Crippen LogP contribution is 2.25. The van der Waals surface area contributed by atoms with Gasteiger partial charge in [-0.15, -0.1) is 0 Å². The summed E-state index contributed by atoms with van der Waals surface area (Å²) in [5.41, 5.74) is 0.166. The number of hydrogen-bond acceptors (Lipinski definition) is 2. The first kappa shape index (κ1) is 11.2. The summed E-state index contributed by atoms with van der Waals surface area (Å²) in [6.45, 7) is 0. The van der Waals surface area contributed by atoms with Gasteiger partial charge < -0.3 is 9.84 Å². The van der Waals surface area contributed by atoms with Crippen LogP contribution in [0.15, 0.2) is 18.2 Å². The molecule has 0 radical (unpaired) electrons. The van der Waals surface area contributed by atoms with Gasteiger partial charge in [-0.3, -0.25) is 0 Å². The van der Waals surface area contributed by atoms with Crippen molar-refractivity contribution in [2.24, 2.45) is 0 Å². The van der Waals surface area contributed by atoms with Gasteiger partial charge in [0.25, 0.3) is 0 Å². The molecule has 0 heterocycles. The average molecular weight is 214 g/mol. The zero-order chi connectivity index (χ0) is 11.4. The van der Waals surface area contributed by atoms with Crippen molar-refractivity contribution in [3.05, 3.63) is 35.4 Å². The highest BCUT2D eigenvalue weighted by atomic mass is 19.2. The third-order valence-corrected chi connectivity index (χ3v) is 1.69. The van der Waals surface area contributed by atoms with E-state index in [1.165, 1.54) is 13.2 Å². The Morgan fingerprint density at radius 1 is 1.47 bits per heavy atom. The van der Waals surface area contributed by atoms with Crippen molar-refractivity contribution >= 4 is 12.0 Å². The summed E-state index contributed by atoms with van der Waals surface area (Å²) in [5.74, 6) is -3.67. The molecule has 80 valence electrons. The molecule has 1 rings (SSSR count). The van der Waals surface area contributed by atoms with Crippen LogP contribution in [0.5, 0.6) is 5.75 Å². The summed E-state index contributed by atoms with van der Waals surface area (Å²) >= 11 is 0. The maximum Gasteiger partial charge on any atom is 0.328 e. The molecule has 0 aliphatic rings. The Hall–Kier alpha value is -1.91. The van der Waals surface area contributed by atoms with E-state index in [2.05, 4.69) is 4.74 Å². The Morgan fingerprint density at radius 3 is 2.67 bits per heavy atom. The Labute approximate surface area is 84.6 Å². The van der Waals surface area contributed by atoms with Gasteiger partial charge in [0.15, 0.2) is 11.6 Å². The van der Waals surface area contributed by atoms with Crippen LogP contribution in [0, 0.1) is 11.6 Å². The molecule has 5 heteroatoms. The molecule has 3 nitrogen and oxygen atoms in total. The van der Waals surface area contributed by atoms with Crippen molar-refractivity contribution in [3.8, 4) is 5.75 Å². The number of halogens is 2. The smallest absolute Gasteiger partial charge is 0.328 e. The fourth-order valence-electron chi connectivity index (χ4n) is 1.05. The van der Waals surface area contributed by atoms with E-state index in [1.807, 2.05) is 0 Å². The molecule has 0 aliphatic heterocycles. The predicted octanol–water partition coefficient (Wildman–Crippen LogP) is 2.07. The summed E-state index contributed by atoms with van der Waals surface area (Å²) in [6, 6.07) is 2.13. The first-order chi connectivity index (χ1) is 7.06. The molecule has 0 spiro atoms. The second-order valence-electron chi connectivity index (χ2n) is 2.66. The molecule has 0 unspecified atom stereocenters. The standard InChI is InChI=1S/C10H8F2O3/c1-15-10-6(3-5-8(13)14)2-4-7(11)9(10)12/h2-5H,1H3,(H,13,14). The lowest BCUT2D eigenvalue weighted by molar-refractivity contribution is -0.131. The molecule has 0 bridgehead atoms. The van der Waals surface area contributed by atoms with Gasteiger partial charge in [-0.2, -0.15) is 4.39 Å². The lowest BCUT2D eigenvalue weighted by atomic mass is 10.1. The molecule has 0 aromatic heterocycles. The molecular formula is C10H8F2O3. The van der Waals surface area contributed by atoms with Crippen LogP contribution in [0.25, 0.3) is 6.08 Å². The van der Waals surface area contributed by atoms with Gasteiger partial charge in [0.2, 0.25) is 5.82 Å². The summed E-state index contributed by atoms with van der Waals surface area (Å²) in [4.78, 5) is 10.2. The van der Waals surface area contributed by atoms with E-state index >= 15 is 0 Å². The maximum atomic E-state index is 13.1. The van der Waals surface area contributed by atoms with Crippen molar-refractivity contribution < 1.29 is 23.4 Å². The van der Waals surface area contributed by atoms with Crippen LogP contribution in [0.2, 0.25) is 0 Å². The number of rotatable bonds is 3. The van der Waals surface area contributed by atoms with Crippen LogP contribution in [0.3, 0.4) is 0 Å². The van der Waals surface area contributed by atoms with E-state index < -0.39 is 17.6 Å². The minimum atomic E-state index is -1.18. The van der Waals surface area contributed by atoms with Crippen molar-refractivity contribution in [3.63, 3.8) is 0 Å². The molecule has 0 fully saturated rings. The average Bonchev–Trinajstić information content (AvgIpc) is 2.19. The van der Waals surface area contributed by atoms with Gasteiger partial charge in [-0.1, -0.05) is 0 Å². The fraction of sp³-hybridized carbons (Fsp3) is 0.100. The zero-order valence-corrected chi connectivity index (χ0v) is 7.83. The zero-order valence-electron chi connectivity index (χ0n) is 7.83. The molecule has 0 amide bonds. The number of carboxylic acid groups (broad SMARTS) is 1. The normalized spacial score (nSPS) is 10.6. The number of benzene rings is 1. The van der Waals surface area contributed by atoms with E-state index in [-0.39, 0.29) is 11.3 Å². The van der Waals surface area contributed by atoms with Crippen molar-refractivity contribution in [1.82, 2.24) is 0 Å². The van der Waals surface area contributed by atoms with Crippen LogP contribution in [-0.2, 0) is 4.79 Å². The minimum absolute atomic E-state index is 0.166. The maximum absolute atomic E-state index is 13.1. The Bertz CT molecular complexity index is 413. The molecule has 15 heavy (non-hydrogen) atoms. The second-order valence-corrected chi connectivity index (χ2v) is 2.66. The molecule has 0 saturated heterocycles. The first-order valence-electron chi connectivity index (χ1n) is 3.99. The van der Waals surface area contributed by atoms with Crippen LogP contribution >= 0.6 is 0 Å². The molecule has 1 aromatic rings. The van der Waals surface area contributed by atoms with E-state index in [4.69, 9.17) is 5.11 Å². The number of ether oxygens (including phenoxy) is 1. The van der Waals surface area contributed by atoms with Crippen LogP contribution in [-0.4, -0.2) is 18.2 Å². The highest BCUT2D eigenvalue weighted by molar-refractivity contribution is 5.85. The van der Waals surface area contributed by atoms with Crippen LogP contribution in [0.4, 0.5) is 8.78 Å². The molecular weight excluding hydrogens is 206 g/mol. The van der Waals surface area contributed by atoms with Crippen LogP contribution in [0.1, 0.15) is 5.56 Å². The Balaban J connectivity index is 3.19. The third kappa shape index (κ3) is 2.52. The van der Waals surface area contributed by atoms with Gasteiger partial charge in [0.1, 0.15) is 0 Å². The van der Waals surface area contributed by atoms with Crippen molar-refractivity contribution in [2.45, 2.75) is 0 Å². The lowest BCUT2D eigenvalue weighted by Crippen LogP contribution is -1.95. The van der Waals surface area contributed by atoms with Gasteiger partial charge in [-0.05, 0) is 18.2 Å². The van der Waals surface area contributed by atoms with Crippen molar-refractivity contribution in [1.29, 1.82) is 0 Å². The highest BCUT2D eigenvalue weighted by Gasteiger charge is 2.12. The van der Waals surface area contributed by atoms with Gasteiger partial charge in [0.05, 0.1) is 7.11 Å². The first-order valence-corrected chi connectivity index (χ1v) is 3.99. The molecule has 0 atom stereocenters. The fourth-order valence-corrected chi connectivity index (χ4v) is 1.05. The minimum Gasteiger partial charge on any atom is -0.493 e. The largest absolute Gasteiger partial charge is 0.493 e. The lowest BCUT2D eigenvalue weighted by Gasteiger charge is -2.05. The van der Waals surface area contributed by atoms with Crippen molar-refractivity contribution in [2.75, 3.05) is 7.11 Å². The second kappa shape index (κ2) is 4.54. The van der Waals surface area contributed by atoms with Gasteiger partial charge >= 0.3 is 5.97 Å². The summed E-state index contributed by atoms with van der Waals surface area (Å²) in [6.07, 6.45) is 1.94. The molecule has 1 N–H and O–H groups in total. The molecule has 0 saturated carbocycles. The van der Waals surface area contributed by atoms with Gasteiger partial charge in [-0.25, -0.2) is 9.18 Å². The number of aliphatic carboxylic acids is 1. The summed E-state index contributed by atoms with van der Waals surface area (Å²) < 4.78 is 30.5. The summed E-state index contributed by atoms with van der Waals surface area (Å²) in [7, 11) is 1.18. The van der Waals surface area contributed by atoms with E-state index in [0.717, 1.165) is 18.2 Å². The van der Waals surface area contributed by atoms with Crippen LogP contribution < -0.4 is 4.74 Å². The number of hydrogen-bond donors (Lipinski definition) is 1. The quantitative estimate of drug-likeness (QED) is 0.783. The Morgan fingerprint density at radius 2 is 2.13 bits per heavy atom. The number of carboxylic acids is 1. The SMILES string of the molecule is COc1c(C=CC(=O)O)ccc(F)c1F.